The zero-order valence-corrected chi connectivity index (χ0v) is 18.3. The standard InChI is InChI=1S/C26H28N4O2/c1-18-23-16-28-17-30(23)22(25(18)20-5-3-2-4-6-20)15-24(31)19-9-13-29(14-10-19)26(32)21-7-11-27-12-8-21/h2-8,11-12,16-17,19,22,24,31H,9-10,13-15H2,1H3. The molecule has 6 nitrogen and oxygen atoms in total. The maximum absolute atomic E-state index is 12.7. The molecule has 1 aromatic carbocycles. The van der Waals surface area contributed by atoms with Gasteiger partial charge in [-0.3, -0.25) is 9.78 Å². The third-order valence-corrected chi connectivity index (χ3v) is 6.97. The lowest BCUT2D eigenvalue weighted by atomic mass is 9.85. The lowest BCUT2D eigenvalue weighted by Crippen LogP contribution is -2.41. The summed E-state index contributed by atoms with van der Waals surface area (Å²) in [4.78, 5) is 22.9. The molecule has 5 rings (SSSR count). The van der Waals surface area contributed by atoms with E-state index in [1.807, 2.05) is 23.5 Å². The Kier molecular flexibility index (Phi) is 5.62. The first-order chi connectivity index (χ1) is 15.6. The van der Waals surface area contributed by atoms with Gasteiger partial charge in [0.25, 0.3) is 5.91 Å². The summed E-state index contributed by atoms with van der Waals surface area (Å²) in [5, 5.41) is 11.2. The molecule has 0 saturated carbocycles. The number of aliphatic hydroxyl groups excluding tert-OH is 1. The van der Waals surface area contributed by atoms with Crippen molar-refractivity contribution in [2.75, 3.05) is 13.1 Å². The molecule has 2 aromatic heterocycles. The predicted octanol–water partition coefficient (Wildman–Crippen LogP) is 4.07. The van der Waals surface area contributed by atoms with Crippen LogP contribution in [0.2, 0.25) is 0 Å². The summed E-state index contributed by atoms with van der Waals surface area (Å²) in [6.07, 6.45) is 8.92. The minimum Gasteiger partial charge on any atom is -0.393 e. The predicted molar refractivity (Wildman–Crippen MR) is 124 cm³/mol. The first-order valence-corrected chi connectivity index (χ1v) is 11.3. The number of aromatic nitrogens is 3. The van der Waals surface area contributed by atoms with Crippen LogP contribution in [0.1, 0.15) is 53.8 Å². The largest absolute Gasteiger partial charge is 0.393 e. The minimum absolute atomic E-state index is 0.0455. The maximum atomic E-state index is 12.7. The van der Waals surface area contributed by atoms with E-state index >= 15 is 0 Å². The molecular weight excluding hydrogens is 400 g/mol. The van der Waals surface area contributed by atoms with E-state index in [-0.39, 0.29) is 17.9 Å². The number of nitrogens with zero attached hydrogens (tertiary/aromatic N) is 4. The van der Waals surface area contributed by atoms with Crippen LogP contribution < -0.4 is 0 Å². The molecule has 1 saturated heterocycles. The number of carbonyl (C=O) groups is 1. The first-order valence-electron chi connectivity index (χ1n) is 11.3. The van der Waals surface area contributed by atoms with Gasteiger partial charge in [0.15, 0.2) is 0 Å². The van der Waals surface area contributed by atoms with Gasteiger partial charge in [0.1, 0.15) is 0 Å². The number of aliphatic hydroxyl groups is 1. The van der Waals surface area contributed by atoms with Gasteiger partial charge in [-0.2, -0.15) is 0 Å². The molecule has 4 heterocycles. The van der Waals surface area contributed by atoms with Crippen LogP contribution in [0, 0.1) is 5.92 Å². The summed E-state index contributed by atoms with van der Waals surface area (Å²) < 4.78 is 2.20. The zero-order valence-electron chi connectivity index (χ0n) is 18.3. The fraction of sp³-hybridized carbons (Fsp3) is 0.346. The van der Waals surface area contributed by atoms with E-state index in [4.69, 9.17) is 0 Å². The number of likely N-dealkylation sites (tertiary alicyclic amines) is 1. The average Bonchev–Trinajstić information content (AvgIpc) is 3.43. The van der Waals surface area contributed by atoms with Gasteiger partial charge >= 0.3 is 0 Å². The van der Waals surface area contributed by atoms with Crippen LogP contribution in [0.4, 0.5) is 0 Å². The Labute approximate surface area is 188 Å². The molecule has 1 amide bonds. The molecule has 32 heavy (non-hydrogen) atoms. The highest BCUT2D eigenvalue weighted by Gasteiger charge is 2.35. The number of piperidine rings is 1. The molecule has 1 N–H and O–H groups in total. The zero-order chi connectivity index (χ0) is 22.1. The Morgan fingerprint density at radius 1 is 1.09 bits per heavy atom. The summed E-state index contributed by atoms with van der Waals surface area (Å²) in [6.45, 7) is 3.49. The number of hydrogen-bond donors (Lipinski definition) is 1. The number of pyridine rings is 1. The molecule has 0 bridgehead atoms. The molecule has 1 fully saturated rings. The maximum Gasteiger partial charge on any atom is 0.253 e. The van der Waals surface area contributed by atoms with Gasteiger partial charge in [0, 0.05) is 31.0 Å². The van der Waals surface area contributed by atoms with Crippen LogP contribution in [0.5, 0.6) is 0 Å². The number of imidazole rings is 1. The van der Waals surface area contributed by atoms with Gasteiger partial charge < -0.3 is 14.6 Å². The van der Waals surface area contributed by atoms with E-state index in [9.17, 15) is 9.90 Å². The lowest BCUT2D eigenvalue weighted by Gasteiger charge is -2.35. The van der Waals surface area contributed by atoms with Crippen LogP contribution in [-0.2, 0) is 0 Å². The number of allylic oxidation sites excluding steroid dienone is 2. The van der Waals surface area contributed by atoms with E-state index < -0.39 is 6.10 Å². The van der Waals surface area contributed by atoms with Crippen LogP contribution >= 0.6 is 0 Å². The number of amides is 1. The molecule has 2 unspecified atom stereocenters. The van der Waals surface area contributed by atoms with Crippen molar-refractivity contribution in [2.24, 2.45) is 5.92 Å². The Hall–Kier alpha value is -3.25. The summed E-state index contributed by atoms with van der Waals surface area (Å²) in [6, 6.07) is 14.0. The van der Waals surface area contributed by atoms with Gasteiger partial charge in [-0.15, -0.1) is 0 Å². The van der Waals surface area contributed by atoms with Gasteiger partial charge in [-0.05, 0) is 60.9 Å². The second-order valence-electron chi connectivity index (χ2n) is 8.78. The SMILES string of the molecule is CC1=C(c2ccccc2)C(CC(O)C2CCN(C(=O)c3ccncc3)CC2)n2cncc21. The molecule has 0 spiro atoms. The average molecular weight is 429 g/mol. The Bertz CT molecular complexity index is 1110. The van der Waals surface area contributed by atoms with Crippen molar-refractivity contribution in [3.05, 3.63) is 84.2 Å². The fourth-order valence-electron chi connectivity index (χ4n) is 5.21. The van der Waals surface area contributed by atoms with Crippen molar-refractivity contribution < 1.29 is 9.90 Å². The lowest BCUT2D eigenvalue weighted by molar-refractivity contribution is 0.0402. The summed E-state index contributed by atoms with van der Waals surface area (Å²) in [7, 11) is 0. The van der Waals surface area contributed by atoms with Crippen molar-refractivity contribution in [2.45, 2.75) is 38.3 Å². The number of hydrogen-bond acceptors (Lipinski definition) is 4. The van der Waals surface area contributed by atoms with E-state index in [1.54, 1.807) is 24.5 Å². The molecule has 0 radical (unpaired) electrons. The third-order valence-electron chi connectivity index (χ3n) is 6.97. The monoisotopic (exact) mass is 428 g/mol. The highest BCUT2D eigenvalue weighted by atomic mass is 16.3. The summed E-state index contributed by atoms with van der Waals surface area (Å²) in [5.74, 6) is 0.227. The highest BCUT2D eigenvalue weighted by molar-refractivity contribution is 5.94. The molecule has 2 atom stereocenters. The van der Waals surface area contributed by atoms with Crippen molar-refractivity contribution >= 4 is 17.1 Å². The van der Waals surface area contributed by atoms with Gasteiger partial charge in [0.2, 0.25) is 0 Å². The number of rotatable bonds is 5. The molecule has 6 heteroatoms. The molecule has 3 aromatic rings. The van der Waals surface area contributed by atoms with Crippen LogP contribution in [0.25, 0.3) is 11.1 Å². The van der Waals surface area contributed by atoms with Gasteiger partial charge in [-0.1, -0.05) is 30.3 Å². The van der Waals surface area contributed by atoms with Crippen LogP contribution in [-0.4, -0.2) is 49.6 Å². The number of carbonyl (C=O) groups excluding carboxylic acids is 1. The van der Waals surface area contributed by atoms with Crippen molar-refractivity contribution in [3.63, 3.8) is 0 Å². The second kappa shape index (κ2) is 8.71. The van der Waals surface area contributed by atoms with Crippen molar-refractivity contribution in [3.8, 4) is 0 Å². The summed E-state index contributed by atoms with van der Waals surface area (Å²) >= 11 is 0. The van der Waals surface area contributed by atoms with Crippen LogP contribution in [0.3, 0.4) is 0 Å². The second-order valence-corrected chi connectivity index (χ2v) is 8.78. The van der Waals surface area contributed by atoms with E-state index in [0.29, 0.717) is 25.1 Å². The quantitative estimate of drug-likeness (QED) is 0.665. The minimum atomic E-state index is -0.432. The van der Waals surface area contributed by atoms with E-state index in [1.165, 1.54) is 16.7 Å². The normalized spacial score (nSPS) is 19.8. The Balaban J connectivity index is 1.28. The third kappa shape index (κ3) is 3.75. The fourth-order valence-corrected chi connectivity index (χ4v) is 5.21. The van der Waals surface area contributed by atoms with E-state index in [0.717, 1.165) is 18.5 Å². The van der Waals surface area contributed by atoms with Gasteiger partial charge in [0.05, 0.1) is 30.4 Å². The number of fused-ring (bicyclic) bond motifs is 1. The highest BCUT2D eigenvalue weighted by Crippen LogP contribution is 2.45. The first kappa shape index (κ1) is 20.6. The molecule has 2 aliphatic rings. The smallest absolute Gasteiger partial charge is 0.253 e. The molecule has 0 aliphatic carbocycles. The van der Waals surface area contributed by atoms with Gasteiger partial charge in [-0.25, -0.2) is 4.98 Å². The van der Waals surface area contributed by atoms with E-state index in [2.05, 4.69) is 45.7 Å². The summed E-state index contributed by atoms with van der Waals surface area (Å²) in [5.41, 5.74) is 5.49. The molecule has 164 valence electrons. The van der Waals surface area contributed by atoms with Crippen LogP contribution in [0.15, 0.2) is 67.4 Å². The van der Waals surface area contributed by atoms with Crippen molar-refractivity contribution in [1.29, 1.82) is 0 Å². The number of benzene rings is 1. The van der Waals surface area contributed by atoms with Crippen molar-refractivity contribution in [1.82, 2.24) is 19.4 Å². The Morgan fingerprint density at radius 3 is 2.53 bits per heavy atom. The topological polar surface area (TPSA) is 71.2 Å². The molecular formula is C26H28N4O2. The Morgan fingerprint density at radius 2 is 1.81 bits per heavy atom. The molecule has 2 aliphatic heterocycles.